The summed E-state index contributed by atoms with van der Waals surface area (Å²) < 4.78 is 23.0. The number of rotatable bonds is 7. The lowest BCUT2D eigenvalue weighted by Gasteiger charge is -2.32. The van der Waals surface area contributed by atoms with E-state index in [1.54, 1.807) is 18.2 Å². The van der Waals surface area contributed by atoms with Crippen LogP contribution in [0.25, 0.3) is 17.2 Å². The minimum atomic E-state index is -0.707. The molecule has 0 bridgehead atoms. The molecule has 1 N–H and O–H groups in total. The molecule has 1 aromatic heterocycles. The monoisotopic (exact) mass is 540 g/mol. The molecule has 0 unspecified atom stereocenters. The van der Waals surface area contributed by atoms with Crippen molar-refractivity contribution in [3.05, 3.63) is 94.7 Å². The molecule has 0 saturated carbocycles. The molecule has 0 spiro atoms. The number of aromatic nitrogens is 1. The Morgan fingerprint density at radius 2 is 1.55 bits per heavy atom. The Balaban J connectivity index is 1.30. The minimum Gasteiger partial charge on any atom is -0.465 e. The number of benzene rings is 2. The van der Waals surface area contributed by atoms with Crippen molar-refractivity contribution in [1.82, 2.24) is 10.3 Å². The van der Waals surface area contributed by atoms with Gasteiger partial charge in [-0.25, -0.2) is 9.59 Å². The van der Waals surface area contributed by atoms with Crippen LogP contribution in [0.15, 0.2) is 72.3 Å². The maximum atomic E-state index is 12.9. The molecular formula is C31H33BN2O6. The van der Waals surface area contributed by atoms with Gasteiger partial charge in [0, 0.05) is 18.7 Å². The van der Waals surface area contributed by atoms with Gasteiger partial charge in [0.05, 0.1) is 29.6 Å². The third kappa shape index (κ3) is 5.39. The van der Waals surface area contributed by atoms with Crippen molar-refractivity contribution in [2.75, 3.05) is 20.3 Å². The Labute approximate surface area is 234 Å². The Kier molecular flexibility index (Phi) is 7.53. The smallest absolute Gasteiger partial charge is 0.465 e. The second-order valence-corrected chi connectivity index (χ2v) is 10.9. The molecule has 206 valence electrons. The minimum absolute atomic E-state index is 0.0335. The summed E-state index contributed by atoms with van der Waals surface area (Å²) in [7, 11) is 0.614. The van der Waals surface area contributed by atoms with Crippen LogP contribution in [0.4, 0.5) is 4.79 Å². The highest BCUT2D eigenvalue weighted by Crippen LogP contribution is 2.44. The number of ether oxygens (including phenoxy) is 2. The van der Waals surface area contributed by atoms with Crippen LogP contribution in [0.1, 0.15) is 60.8 Å². The first kappa shape index (κ1) is 27.6. The lowest BCUT2D eigenvalue weighted by molar-refractivity contribution is 0.00578. The highest BCUT2D eigenvalue weighted by atomic mass is 16.7. The Morgan fingerprint density at radius 3 is 2.10 bits per heavy atom. The van der Waals surface area contributed by atoms with E-state index < -0.39 is 30.4 Å². The molecule has 0 atom stereocenters. The van der Waals surface area contributed by atoms with Gasteiger partial charge in [-0.05, 0) is 73.6 Å². The predicted molar refractivity (Wildman–Crippen MR) is 153 cm³/mol. The number of carbonyl (C=O) groups is 2. The van der Waals surface area contributed by atoms with Crippen molar-refractivity contribution < 1.29 is 28.4 Å². The molecular weight excluding hydrogens is 507 g/mol. The van der Waals surface area contributed by atoms with E-state index in [0.29, 0.717) is 16.7 Å². The average molecular weight is 540 g/mol. The van der Waals surface area contributed by atoms with Crippen molar-refractivity contribution in [3.63, 3.8) is 0 Å². The van der Waals surface area contributed by atoms with Crippen LogP contribution in [0.2, 0.25) is 0 Å². The number of nitrogens with one attached hydrogen (secondary N) is 1. The van der Waals surface area contributed by atoms with Gasteiger partial charge in [-0.15, -0.1) is 0 Å². The van der Waals surface area contributed by atoms with Crippen LogP contribution in [0, 0.1) is 0 Å². The number of hydrogen-bond acceptors (Lipinski definition) is 7. The van der Waals surface area contributed by atoms with E-state index in [1.165, 1.54) is 24.4 Å². The maximum Gasteiger partial charge on any atom is 0.492 e. The zero-order valence-corrected chi connectivity index (χ0v) is 23.4. The summed E-state index contributed by atoms with van der Waals surface area (Å²) in [5.41, 5.74) is 5.08. The summed E-state index contributed by atoms with van der Waals surface area (Å²) in [4.78, 5) is 29.0. The number of esters is 1. The summed E-state index contributed by atoms with van der Waals surface area (Å²) >= 11 is 0. The molecule has 8 nitrogen and oxygen atoms in total. The third-order valence-electron chi connectivity index (χ3n) is 7.88. The average Bonchev–Trinajstić information content (AvgIpc) is 3.38. The molecule has 2 aromatic carbocycles. The number of carbonyl (C=O) groups excluding carboxylic acids is 2. The molecule has 2 aliphatic rings. The van der Waals surface area contributed by atoms with Crippen molar-refractivity contribution in [3.8, 4) is 11.1 Å². The van der Waals surface area contributed by atoms with E-state index in [2.05, 4.69) is 34.6 Å². The molecule has 2 heterocycles. The molecule has 9 heteroatoms. The van der Waals surface area contributed by atoms with Crippen LogP contribution in [0.5, 0.6) is 0 Å². The van der Waals surface area contributed by atoms with Gasteiger partial charge >= 0.3 is 19.2 Å². The first-order chi connectivity index (χ1) is 19.1. The maximum absolute atomic E-state index is 12.9. The fraction of sp³-hybridized carbons (Fsp3) is 0.323. The van der Waals surface area contributed by atoms with Crippen molar-refractivity contribution in [1.29, 1.82) is 0 Å². The summed E-state index contributed by atoms with van der Waals surface area (Å²) in [5.74, 6) is -0.500. The first-order valence-corrected chi connectivity index (χ1v) is 13.3. The van der Waals surface area contributed by atoms with Crippen LogP contribution in [-0.4, -0.2) is 55.6 Å². The van der Waals surface area contributed by atoms with E-state index in [9.17, 15) is 9.59 Å². The van der Waals surface area contributed by atoms with Crippen LogP contribution in [-0.2, 0) is 18.8 Å². The van der Waals surface area contributed by atoms with Gasteiger partial charge < -0.3 is 24.1 Å². The summed E-state index contributed by atoms with van der Waals surface area (Å²) in [6.07, 6.45) is 2.68. The van der Waals surface area contributed by atoms with Gasteiger partial charge in [-0.3, -0.25) is 4.98 Å². The molecule has 1 fully saturated rings. The van der Waals surface area contributed by atoms with E-state index in [0.717, 1.165) is 11.1 Å². The topological polar surface area (TPSA) is 96.0 Å². The molecule has 5 rings (SSSR count). The SMILES string of the molecule is COC(=O)c1ccc(C=C(CNC(=O)OCC2c3ccccc3-c3ccccc32)B2OC(C)(C)C(C)(C)O2)nc1. The van der Waals surface area contributed by atoms with Gasteiger partial charge in [-0.1, -0.05) is 48.5 Å². The van der Waals surface area contributed by atoms with Gasteiger partial charge in [-0.2, -0.15) is 0 Å². The highest BCUT2D eigenvalue weighted by Gasteiger charge is 2.52. The first-order valence-electron chi connectivity index (χ1n) is 13.3. The Hall–Kier alpha value is -3.95. The van der Waals surface area contributed by atoms with E-state index in [-0.39, 0.29) is 19.1 Å². The number of hydrogen-bond donors (Lipinski definition) is 1. The fourth-order valence-corrected chi connectivity index (χ4v) is 4.94. The number of methoxy groups -OCH3 is 1. The summed E-state index contributed by atoms with van der Waals surface area (Å²) in [6, 6.07) is 19.7. The van der Waals surface area contributed by atoms with Crippen LogP contribution in [0.3, 0.4) is 0 Å². The van der Waals surface area contributed by atoms with Gasteiger partial charge in [0.15, 0.2) is 0 Å². The molecule has 40 heavy (non-hydrogen) atoms. The normalized spacial score (nSPS) is 17.2. The number of fused-ring (bicyclic) bond motifs is 3. The highest BCUT2D eigenvalue weighted by molar-refractivity contribution is 6.56. The largest absolute Gasteiger partial charge is 0.492 e. The molecule has 0 radical (unpaired) electrons. The van der Waals surface area contributed by atoms with Crippen molar-refractivity contribution >= 4 is 25.3 Å². The third-order valence-corrected chi connectivity index (χ3v) is 7.88. The summed E-state index contributed by atoms with van der Waals surface area (Å²) in [5, 5.41) is 2.85. The number of alkyl carbamates (subject to hydrolysis) is 1. The Bertz CT molecular complexity index is 1390. The molecule has 3 aromatic rings. The summed E-state index contributed by atoms with van der Waals surface area (Å²) in [6.45, 7) is 8.19. The predicted octanol–water partition coefficient (Wildman–Crippen LogP) is 5.42. The van der Waals surface area contributed by atoms with Crippen LogP contribution >= 0.6 is 0 Å². The molecule has 1 saturated heterocycles. The van der Waals surface area contributed by atoms with E-state index in [4.69, 9.17) is 18.8 Å². The fourth-order valence-electron chi connectivity index (χ4n) is 4.94. The lowest BCUT2D eigenvalue weighted by Crippen LogP contribution is -2.41. The van der Waals surface area contributed by atoms with E-state index >= 15 is 0 Å². The molecule has 1 amide bonds. The number of pyridine rings is 1. The van der Waals surface area contributed by atoms with Crippen molar-refractivity contribution in [2.45, 2.75) is 44.8 Å². The van der Waals surface area contributed by atoms with Crippen LogP contribution < -0.4 is 5.32 Å². The second kappa shape index (κ2) is 10.9. The second-order valence-electron chi connectivity index (χ2n) is 10.9. The Morgan fingerprint density at radius 1 is 0.950 bits per heavy atom. The quantitative estimate of drug-likeness (QED) is 0.316. The standard InChI is InChI=1S/C31H33BN2O6/c1-30(2)31(3,4)40-32(39-30)21(16-22-15-14-20(17-33-22)28(35)37-5)18-34-29(36)38-19-27-25-12-8-6-10-23(25)24-11-7-9-13-26(24)27/h6-17,27H,18-19H2,1-5H3,(H,34,36). The van der Waals surface area contributed by atoms with Crippen molar-refractivity contribution in [2.24, 2.45) is 0 Å². The number of amides is 1. The van der Waals surface area contributed by atoms with Gasteiger partial charge in [0.2, 0.25) is 0 Å². The molecule has 1 aliphatic carbocycles. The van der Waals surface area contributed by atoms with Gasteiger partial charge in [0.25, 0.3) is 0 Å². The van der Waals surface area contributed by atoms with Gasteiger partial charge in [0.1, 0.15) is 6.61 Å². The molecule has 1 aliphatic heterocycles. The zero-order valence-electron chi connectivity index (χ0n) is 23.4. The van der Waals surface area contributed by atoms with E-state index in [1.807, 2.05) is 52.0 Å². The number of nitrogens with zero attached hydrogens (tertiary/aromatic N) is 1. The zero-order chi connectivity index (χ0) is 28.5. The lowest BCUT2D eigenvalue weighted by atomic mass is 9.77.